The molecule has 3 aromatic rings. The molecule has 2 amide bonds. The van der Waals surface area contributed by atoms with Gasteiger partial charge >= 0.3 is 6.18 Å². The molecular weight excluding hydrogens is 529 g/mol. The van der Waals surface area contributed by atoms with Crippen LogP contribution in [0.3, 0.4) is 0 Å². The molecule has 2 N–H and O–H groups in total. The zero-order valence-electron chi connectivity index (χ0n) is 20.1. The number of hydrogen-bond donors (Lipinski definition) is 2. The third-order valence-corrected chi connectivity index (χ3v) is 5.73. The van der Waals surface area contributed by atoms with Gasteiger partial charge in [0.2, 0.25) is 5.88 Å². The van der Waals surface area contributed by atoms with Crippen LogP contribution in [0, 0.1) is 5.82 Å². The molecule has 4 rings (SSSR count). The molecule has 204 valence electrons. The van der Waals surface area contributed by atoms with Crippen LogP contribution in [-0.2, 0) is 10.3 Å². The quantitative estimate of drug-likeness (QED) is 0.446. The van der Waals surface area contributed by atoms with Crippen LogP contribution in [0.4, 0.5) is 27.6 Å². The van der Waals surface area contributed by atoms with Crippen molar-refractivity contribution in [3.63, 3.8) is 0 Å². The first kappa shape index (κ1) is 27.4. The molecule has 0 spiro atoms. The molecule has 2 aromatic carbocycles. The van der Waals surface area contributed by atoms with Crippen LogP contribution in [0.25, 0.3) is 0 Å². The zero-order valence-corrected chi connectivity index (χ0v) is 20.1. The molecule has 0 unspecified atom stereocenters. The highest BCUT2D eigenvalue weighted by Gasteiger charge is 2.52. The number of aliphatic imine (C=N–C) groups is 1. The summed E-state index contributed by atoms with van der Waals surface area (Å²) in [5, 5.41) is 4.50. The number of nitrogens with zero attached hydrogens (tertiary/aromatic N) is 3. The number of amidine groups is 1. The Morgan fingerprint density at radius 2 is 1.82 bits per heavy atom. The van der Waals surface area contributed by atoms with Crippen molar-refractivity contribution in [2.24, 2.45) is 4.99 Å². The van der Waals surface area contributed by atoms with E-state index >= 15 is 4.39 Å². The van der Waals surface area contributed by atoms with E-state index in [9.17, 15) is 27.2 Å². The number of ether oxygens (including phenoxy) is 2. The van der Waals surface area contributed by atoms with Gasteiger partial charge in [-0.1, -0.05) is 18.2 Å². The number of rotatable bonds is 6. The van der Waals surface area contributed by atoms with Crippen LogP contribution in [0.15, 0.2) is 65.9 Å². The second-order valence-electron chi connectivity index (χ2n) is 8.35. The van der Waals surface area contributed by atoms with E-state index in [1.165, 1.54) is 37.6 Å². The molecule has 1 aliphatic rings. The smallest absolute Gasteiger partial charge is 0.425 e. The van der Waals surface area contributed by atoms with Crippen LogP contribution in [0.2, 0.25) is 0 Å². The molecule has 0 radical (unpaired) electrons. The fourth-order valence-electron chi connectivity index (χ4n) is 3.77. The van der Waals surface area contributed by atoms with Gasteiger partial charge in [-0.25, -0.2) is 23.7 Å². The maximum Gasteiger partial charge on any atom is 0.425 e. The molecule has 0 aliphatic carbocycles. The highest BCUT2D eigenvalue weighted by Crippen LogP contribution is 2.42. The summed E-state index contributed by atoms with van der Waals surface area (Å²) in [5.41, 5.74) is -3.19. The summed E-state index contributed by atoms with van der Waals surface area (Å²) in [6.45, 7) is -1.58. The number of carbonyl (C=O) groups is 2. The van der Waals surface area contributed by atoms with Crippen molar-refractivity contribution in [1.29, 1.82) is 0 Å². The minimum absolute atomic E-state index is 0.0707. The summed E-state index contributed by atoms with van der Waals surface area (Å²) < 4.78 is 80.6. The van der Waals surface area contributed by atoms with Crippen LogP contribution in [0.1, 0.15) is 32.8 Å². The van der Waals surface area contributed by atoms with Crippen LogP contribution in [-0.4, -0.2) is 53.9 Å². The molecule has 14 heteroatoms. The Hall–Kier alpha value is -4.62. The topological polar surface area (TPSA) is 115 Å². The van der Waals surface area contributed by atoms with E-state index in [-0.39, 0.29) is 22.8 Å². The highest BCUT2D eigenvalue weighted by molar-refractivity contribution is 6.04. The number of halogens is 5. The molecule has 0 saturated heterocycles. The van der Waals surface area contributed by atoms with Gasteiger partial charge in [0.1, 0.15) is 23.7 Å². The maximum atomic E-state index is 15.0. The van der Waals surface area contributed by atoms with Gasteiger partial charge in [0.05, 0.1) is 19.5 Å². The number of aromatic nitrogens is 2. The van der Waals surface area contributed by atoms with Crippen molar-refractivity contribution < 1.29 is 41.0 Å². The molecule has 9 nitrogen and oxygen atoms in total. The molecular formula is C25H20F5N5O4. The minimum Gasteiger partial charge on any atom is -0.480 e. The second kappa shape index (κ2) is 11.0. The SMILES string of the molecule is COc1cnc(C(=O)Nc2ccc(F)c([C@]3(CF)C[C@H](C(F)(F)F)OC(NC(=O)c4ccccc4)=N3)c2)cn1. The highest BCUT2D eigenvalue weighted by atomic mass is 19.4. The van der Waals surface area contributed by atoms with E-state index in [0.29, 0.717) is 0 Å². The number of benzene rings is 2. The second-order valence-corrected chi connectivity index (χ2v) is 8.35. The molecule has 0 fully saturated rings. The fraction of sp³-hybridized carbons (Fsp3) is 0.240. The van der Waals surface area contributed by atoms with E-state index in [2.05, 4.69) is 25.6 Å². The van der Waals surface area contributed by atoms with Crippen LogP contribution < -0.4 is 15.4 Å². The zero-order chi connectivity index (χ0) is 28.2. The predicted octanol–water partition coefficient (Wildman–Crippen LogP) is 4.18. The van der Waals surface area contributed by atoms with Crippen molar-refractivity contribution in [1.82, 2.24) is 15.3 Å². The van der Waals surface area contributed by atoms with Crippen molar-refractivity contribution >= 4 is 23.5 Å². The Kier molecular flexibility index (Phi) is 7.74. The van der Waals surface area contributed by atoms with E-state index in [1.54, 1.807) is 6.07 Å². The predicted molar refractivity (Wildman–Crippen MR) is 127 cm³/mol. The summed E-state index contributed by atoms with van der Waals surface area (Å²) in [6.07, 6.45) is -6.46. The number of alkyl halides is 4. The van der Waals surface area contributed by atoms with E-state index in [1.807, 2.05) is 0 Å². The molecule has 39 heavy (non-hydrogen) atoms. The van der Waals surface area contributed by atoms with Crippen molar-refractivity contribution in [2.45, 2.75) is 24.2 Å². The normalized spacial score (nSPS) is 18.9. The summed E-state index contributed by atoms with van der Waals surface area (Å²) in [5.74, 6) is -2.59. The van der Waals surface area contributed by atoms with Gasteiger partial charge in [0.25, 0.3) is 17.8 Å². The summed E-state index contributed by atoms with van der Waals surface area (Å²) >= 11 is 0. The molecule has 1 aliphatic heterocycles. The number of carbonyl (C=O) groups excluding carboxylic acids is 2. The average Bonchev–Trinajstić information content (AvgIpc) is 2.93. The first-order valence-corrected chi connectivity index (χ1v) is 11.3. The average molecular weight is 549 g/mol. The standard InChI is InChI=1S/C25H20F5N5O4/c1-38-20-12-31-18(11-32-20)22(37)33-15-7-8-17(27)16(9-15)24(13-26)10-19(25(28,29)30)39-23(35-24)34-21(36)14-5-3-2-4-6-14/h2-9,11-12,19H,10,13H2,1H3,(H,33,37)(H,34,35,36)/t19-,24-/m1/s1. The lowest BCUT2D eigenvalue weighted by atomic mass is 9.84. The number of hydrogen-bond acceptors (Lipinski definition) is 7. The summed E-state index contributed by atoms with van der Waals surface area (Å²) in [4.78, 5) is 36.7. The molecule has 1 aromatic heterocycles. The van der Waals surface area contributed by atoms with E-state index in [0.717, 1.165) is 24.4 Å². The van der Waals surface area contributed by atoms with E-state index < -0.39 is 60.1 Å². The first-order chi connectivity index (χ1) is 18.5. The third-order valence-electron chi connectivity index (χ3n) is 5.73. The molecule has 0 bridgehead atoms. The fourth-order valence-corrected chi connectivity index (χ4v) is 3.77. The maximum absolute atomic E-state index is 15.0. The van der Waals surface area contributed by atoms with Crippen LogP contribution in [0.5, 0.6) is 5.88 Å². The first-order valence-electron chi connectivity index (χ1n) is 11.3. The lowest BCUT2D eigenvalue weighted by Gasteiger charge is -2.37. The number of amides is 2. The largest absolute Gasteiger partial charge is 0.480 e. The van der Waals surface area contributed by atoms with Gasteiger partial charge < -0.3 is 14.8 Å². The van der Waals surface area contributed by atoms with Gasteiger partial charge in [-0.05, 0) is 30.3 Å². The summed E-state index contributed by atoms with van der Waals surface area (Å²) in [6, 6.07) is 9.45. The van der Waals surface area contributed by atoms with Crippen molar-refractivity contribution in [2.75, 3.05) is 19.1 Å². The monoisotopic (exact) mass is 549 g/mol. The number of methoxy groups -OCH3 is 1. The lowest BCUT2D eigenvalue weighted by Crippen LogP contribution is -2.50. The Morgan fingerprint density at radius 1 is 1.08 bits per heavy atom. The molecule has 2 heterocycles. The van der Waals surface area contributed by atoms with Gasteiger partial charge in [-0.3, -0.25) is 14.9 Å². The Morgan fingerprint density at radius 3 is 2.44 bits per heavy atom. The van der Waals surface area contributed by atoms with Gasteiger partial charge in [-0.2, -0.15) is 13.2 Å². The number of anilines is 1. The third kappa shape index (κ3) is 6.10. The molecule has 2 atom stereocenters. The van der Waals surface area contributed by atoms with Crippen molar-refractivity contribution in [3.8, 4) is 5.88 Å². The lowest BCUT2D eigenvalue weighted by molar-refractivity contribution is -0.209. The molecule has 0 saturated carbocycles. The van der Waals surface area contributed by atoms with Crippen LogP contribution >= 0.6 is 0 Å². The van der Waals surface area contributed by atoms with Gasteiger partial charge in [-0.15, -0.1) is 0 Å². The Labute approximate surface area is 218 Å². The summed E-state index contributed by atoms with van der Waals surface area (Å²) in [7, 11) is 1.35. The van der Waals surface area contributed by atoms with Gasteiger partial charge in [0, 0.05) is 23.2 Å². The Bertz CT molecular complexity index is 1390. The Balaban J connectivity index is 1.69. The minimum atomic E-state index is -5.01. The van der Waals surface area contributed by atoms with E-state index in [4.69, 9.17) is 9.47 Å². The van der Waals surface area contributed by atoms with Crippen molar-refractivity contribution in [3.05, 3.63) is 83.6 Å². The van der Waals surface area contributed by atoms with Gasteiger partial charge in [0.15, 0.2) is 6.10 Å². The number of nitrogens with one attached hydrogen (secondary N) is 2.